The van der Waals surface area contributed by atoms with E-state index in [0.717, 1.165) is 0 Å². The van der Waals surface area contributed by atoms with Crippen molar-refractivity contribution < 1.29 is 20.1 Å². The minimum atomic E-state index is -2.01. The van der Waals surface area contributed by atoms with E-state index in [2.05, 4.69) is 15.3 Å². The van der Waals surface area contributed by atoms with Crippen molar-refractivity contribution >= 4 is 11.8 Å². The molecule has 110 valence electrons. The molecular formula is C10H16N6O4. The largest absolute Gasteiger partial charge is 0.394 e. The monoisotopic (exact) mass is 284 g/mol. The van der Waals surface area contributed by atoms with Gasteiger partial charge in [0.2, 0.25) is 0 Å². The van der Waals surface area contributed by atoms with E-state index in [1.54, 1.807) is 4.57 Å². The molecule has 0 saturated carbocycles. The van der Waals surface area contributed by atoms with E-state index in [1.165, 1.54) is 6.33 Å². The van der Waals surface area contributed by atoms with Gasteiger partial charge in [-0.1, -0.05) is 0 Å². The molecule has 1 aromatic rings. The number of aliphatic hydroxyl groups excluding tert-OH is 2. The third-order valence-corrected chi connectivity index (χ3v) is 3.37. The fourth-order valence-electron chi connectivity index (χ4n) is 2.41. The summed E-state index contributed by atoms with van der Waals surface area (Å²) in [6.45, 7) is -0.285. The van der Waals surface area contributed by atoms with Crippen LogP contribution in [0.3, 0.4) is 0 Å². The molecule has 10 nitrogen and oxygen atoms in total. The van der Waals surface area contributed by atoms with Crippen LogP contribution in [0.5, 0.6) is 0 Å². The Morgan fingerprint density at radius 1 is 1.60 bits per heavy atom. The van der Waals surface area contributed by atoms with Crippen molar-refractivity contribution in [3.05, 3.63) is 12.0 Å². The lowest BCUT2D eigenvalue weighted by atomic mass is 10.2. The van der Waals surface area contributed by atoms with Gasteiger partial charge in [-0.05, 0) is 0 Å². The first-order valence-corrected chi connectivity index (χ1v) is 6.07. The Morgan fingerprint density at radius 3 is 3.00 bits per heavy atom. The number of rotatable bonds is 2. The third-order valence-electron chi connectivity index (χ3n) is 3.37. The second kappa shape index (κ2) is 4.40. The van der Waals surface area contributed by atoms with Crippen molar-refractivity contribution in [3.63, 3.8) is 0 Å². The predicted molar refractivity (Wildman–Crippen MR) is 67.2 cm³/mol. The van der Waals surface area contributed by atoms with Crippen LogP contribution in [0.25, 0.3) is 0 Å². The van der Waals surface area contributed by atoms with Gasteiger partial charge in [0.15, 0.2) is 11.7 Å². The summed E-state index contributed by atoms with van der Waals surface area (Å²) in [7, 11) is 0. The zero-order chi connectivity index (χ0) is 14.5. The number of hydrogen-bond donors (Lipinski definition) is 6. The summed E-state index contributed by atoms with van der Waals surface area (Å²) in [6, 6.07) is 0. The number of nitrogens with one attached hydrogen (secondary N) is 1. The highest BCUT2D eigenvalue weighted by atomic mass is 16.5. The molecule has 0 radical (unpaired) electrons. The molecule has 0 amide bonds. The Kier molecular flexibility index (Phi) is 2.92. The van der Waals surface area contributed by atoms with Crippen LogP contribution in [0.15, 0.2) is 11.3 Å². The Labute approximate surface area is 113 Å². The van der Waals surface area contributed by atoms with E-state index >= 15 is 0 Å². The molecule has 0 bridgehead atoms. The first-order valence-electron chi connectivity index (χ1n) is 6.07. The van der Waals surface area contributed by atoms with Gasteiger partial charge < -0.3 is 31.1 Å². The Morgan fingerprint density at radius 2 is 2.35 bits per heavy atom. The lowest BCUT2D eigenvalue weighted by molar-refractivity contribution is -0.0438. The number of hydrogen-bond acceptors (Lipinski definition) is 9. The average molecular weight is 284 g/mol. The van der Waals surface area contributed by atoms with E-state index in [9.17, 15) is 10.2 Å². The number of fused-ring (bicyclic) bond motifs is 1. The van der Waals surface area contributed by atoms with Crippen molar-refractivity contribution in [2.75, 3.05) is 11.9 Å². The first-order chi connectivity index (χ1) is 9.42. The lowest BCUT2D eigenvalue weighted by Gasteiger charge is -2.25. The van der Waals surface area contributed by atoms with E-state index in [1.807, 2.05) is 0 Å². The molecule has 0 aliphatic carbocycles. The molecule has 3 rings (SSSR count). The molecule has 10 heteroatoms. The molecule has 1 saturated heterocycles. The quantitative estimate of drug-likeness (QED) is 0.320. The van der Waals surface area contributed by atoms with Gasteiger partial charge in [0.1, 0.15) is 18.1 Å². The van der Waals surface area contributed by atoms with Crippen LogP contribution in [0.1, 0.15) is 18.3 Å². The smallest absolute Gasteiger partial charge is 0.262 e. The number of nitrogens with two attached hydrogens (primary N) is 2. The van der Waals surface area contributed by atoms with Gasteiger partial charge in [-0.15, -0.1) is 0 Å². The fourth-order valence-corrected chi connectivity index (χ4v) is 2.41. The van der Waals surface area contributed by atoms with Crippen LogP contribution in [-0.4, -0.2) is 49.6 Å². The van der Waals surface area contributed by atoms with Gasteiger partial charge in [-0.2, -0.15) is 4.99 Å². The third kappa shape index (κ3) is 1.94. The molecule has 2 aliphatic rings. The number of aliphatic hydroxyl groups is 3. The first kappa shape index (κ1) is 13.3. The summed E-state index contributed by atoms with van der Waals surface area (Å²) < 4.78 is 7.07. The average Bonchev–Trinajstić information content (AvgIpc) is 2.91. The molecule has 0 spiro atoms. The molecule has 4 atom stereocenters. The van der Waals surface area contributed by atoms with Crippen molar-refractivity contribution in [2.45, 2.75) is 30.7 Å². The zero-order valence-electron chi connectivity index (χ0n) is 10.5. The highest BCUT2D eigenvalue weighted by molar-refractivity contribution is 5.94. The predicted octanol–water partition coefficient (Wildman–Crippen LogP) is -2.67. The standard InChI is InChI=1S/C10H16N6O4/c11-9-14-8-7(10(12,19)15-9)13-3-16(8)6-1-4(18)5(2-17)20-6/h3-6,17-19H,1-2,12H2,(H3,11,14,15)/t4-,5+,6+,10?/m0/s1. The molecule has 1 unspecified atom stereocenters. The summed E-state index contributed by atoms with van der Waals surface area (Å²) in [5.74, 6) is -1.72. The second-order valence-corrected chi connectivity index (χ2v) is 4.81. The molecule has 20 heavy (non-hydrogen) atoms. The SMILES string of the molecule is NC1=NC(N)(O)c2ncn([C@H]3C[C@H](O)[C@@H](CO)O3)c2N1. The molecule has 3 heterocycles. The maximum Gasteiger partial charge on any atom is 0.262 e. The number of aromatic nitrogens is 2. The summed E-state index contributed by atoms with van der Waals surface area (Å²) in [5, 5.41) is 31.6. The summed E-state index contributed by atoms with van der Waals surface area (Å²) in [6.07, 6.45) is -0.317. The van der Waals surface area contributed by atoms with Crippen LogP contribution >= 0.6 is 0 Å². The summed E-state index contributed by atoms with van der Waals surface area (Å²) >= 11 is 0. The molecule has 0 aromatic carbocycles. The van der Waals surface area contributed by atoms with Crippen molar-refractivity contribution in [1.82, 2.24) is 9.55 Å². The maximum absolute atomic E-state index is 9.97. The molecule has 2 aliphatic heterocycles. The van der Waals surface area contributed by atoms with Crippen molar-refractivity contribution in [3.8, 4) is 0 Å². The van der Waals surface area contributed by atoms with Gasteiger partial charge in [-0.25, -0.2) is 4.98 Å². The maximum atomic E-state index is 9.97. The minimum absolute atomic E-state index is 0.0542. The van der Waals surface area contributed by atoms with Gasteiger partial charge in [0.05, 0.1) is 19.0 Å². The molecule has 8 N–H and O–H groups in total. The topological polar surface area (TPSA) is 164 Å². The normalized spacial score (nSPS) is 36.4. The lowest BCUT2D eigenvalue weighted by Crippen LogP contribution is -2.43. The fraction of sp³-hybridized carbons (Fsp3) is 0.600. The molecule has 1 fully saturated rings. The Bertz CT molecular complexity index is 556. The highest BCUT2D eigenvalue weighted by Gasteiger charge is 2.40. The summed E-state index contributed by atoms with van der Waals surface area (Å²) in [5.41, 5.74) is 11.3. The summed E-state index contributed by atoms with van der Waals surface area (Å²) in [4.78, 5) is 7.66. The van der Waals surface area contributed by atoms with Gasteiger partial charge in [-0.3, -0.25) is 10.3 Å². The van der Waals surface area contributed by atoms with Gasteiger partial charge in [0, 0.05) is 6.42 Å². The zero-order valence-corrected chi connectivity index (χ0v) is 10.5. The van der Waals surface area contributed by atoms with Gasteiger partial charge >= 0.3 is 0 Å². The number of anilines is 1. The van der Waals surface area contributed by atoms with E-state index < -0.39 is 24.3 Å². The van der Waals surface area contributed by atoms with Crippen LogP contribution in [-0.2, 0) is 10.6 Å². The van der Waals surface area contributed by atoms with Crippen LogP contribution in [0.2, 0.25) is 0 Å². The minimum Gasteiger partial charge on any atom is -0.394 e. The Balaban J connectivity index is 1.94. The van der Waals surface area contributed by atoms with E-state index in [-0.39, 0.29) is 24.7 Å². The Hall–Kier alpha value is -1.72. The molecular weight excluding hydrogens is 268 g/mol. The second-order valence-electron chi connectivity index (χ2n) is 4.81. The molecule has 1 aromatic heterocycles. The number of nitrogens with zero attached hydrogens (tertiary/aromatic N) is 3. The van der Waals surface area contributed by atoms with Crippen molar-refractivity contribution in [1.29, 1.82) is 0 Å². The van der Waals surface area contributed by atoms with Crippen molar-refractivity contribution in [2.24, 2.45) is 16.5 Å². The number of guanidine groups is 1. The van der Waals surface area contributed by atoms with Crippen LogP contribution < -0.4 is 16.8 Å². The van der Waals surface area contributed by atoms with E-state index in [0.29, 0.717) is 5.82 Å². The highest BCUT2D eigenvalue weighted by Crippen LogP contribution is 2.35. The number of aliphatic imine (C=N–C) groups is 1. The van der Waals surface area contributed by atoms with E-state index in [4.69, 9.17) is 21.3 Å². The van der Waals surface area contributed by atoms with Crippen LogP contribution in [0.4, 0.5) is 5.82 Å². The van der Waals surface area contributed by atoms with Gasteiger partial charge in [0.25, 0.3) is 5.85 Å². The number of imidazole rings is 1. The van der Waals surface area contributed by atoms with Crippen LogP contribution in [0, 0.1) is 0 Å². The number of ether oxygens (including phenoxy) is 1.